The molecule has 0 spiro atoms. The Balaban J connectivity index is 1.26. The molecule has 196 valence electrons. The minimum atomic E-state index is -3.16. The first-order valence-corrected chi connectivity index (χ1v) is 14.7. The van der Waals surface area contributed by atoms with E-state index in [0.717, 1.165) is 28.2 Å². The molecule has 3 aliphatic rings. The molecule has 3 fully saturated rings. The Morgan fingerprint density at radius 1 is 1.14 bits per heavy atom. The zero-order valence-electron chi connectivity index (χ0n) is 21.1. The fourth-order valence-corrected chi connectivity index (χ4v) is 6.13. The van der Waals surface area contributed by atoms with E-state index in [1.165, 1.54) is 29.0 Å². The Morgan fingerprint density at radius 2 is 1.92 bits per heavy atom. The van der Waals surface area contributed by atoms with E-state index in [-0.39, 0.29) is 17.9 Å². The molecule has 2 saturated heterocycles. The van der Waals surface area contributed by atoms with Gasteiger partial charge in [-0.3, -0.25) is 9.78 Å². The van der Waals surface area contributed by atoms with Crippen LogP contribution >= 0.6 is 0 Å². The maximum atomic E-state index is 11.8. The molecule has 3 aromatic heterocycles. The van der Waals surface area contributed by atoms with E-state index in [1.54, 1.807) is 0 Å². The SMILES string of the molecule is C[C@@H](Oc1cc(-c2ccc(N3CCN(S(C)(=O)=O)CC3)cn2)cn2ncc(C3CC3)c12)[C@H]1CNC(=O)C1. The van der Waals surface area contributed by atoms with Crippen molar-refractivity contribution in [2.24, 2.45) is 5.92 Å². The Hall–Kier alpha value is -3.18. The number of aromatic nitrogens is 3. The number of fused-ring (bicyclic) bond motifs is 1. The number of hydrogen-bond donors (Lipinski definition) is 1. The van der Waals surface area contributed by atoms with Gasteiger partial charge in [-0.1, -0.05) is 0 Å². The molecule has 11 heteroatoms. The number of amides is 1. The molecule has 5 heterocycles. The smallest absolute Gasteiger partial charge is 0.220 e. The van der Waals surface area contributed by atoms with Crippen molar-refractivity contribution in [1.29, 1.82) is 0 Å². The van der Waals surface area contributed by atoms with Crippen molar-refractivity contribution in [3.05, 3.63) is 42.4 Å². The monoisotopic (exact) mass is 524 g/mol. The van der Waals surface area contributed by atoms with Crippen LogP contribution in [0.15, 0.2) is 36.8 Å². The van der Waals surface area contributed by atoms with Crippen LogP contribution in [0.25, 0.3) is 16.8 Å². The number of ether oxygens (including phenoxy) is 1. The number of carbonyl (C=O) groups is 1. The number of pyridine rings is 2. The molecular formula is C26H32N6O4S. The second kappa shape index (κ2) is 9.29. The molecule has 0 bridgehead atoms. The molecule has 1 N–H and O–H groups in total. The van der Waals surface area contributed by atoms with Gasteiger partial charge in [0.1, 0.15) is 17.4 Å². The van der Waals surface area contributed by atoms with E-state index < -0.39 is 10.0 Å². The Morgan fingerprint density at radius 3 is 2.54 bits per heavy atom. The number of sulfonamides is 1. The minimum Gasteiger partial charge on any atom is -0.488 e. The number of nitrogens with one attached hydrogen (secondary N) is 1. The van der Waals surface area contributed by atoms with Crippen molar-refractivity contribution in [2.75, 3.05) is 43.9 Å². The summed E-state index contributed by atoms with van der Waals surface area (Å²) in [6.07, 6.45) is 9.72. The van der Waals surface area contributed by atoms with Gasteiger partial charge in [-0.05, 0) is 43.9 Å². The largest absolute Gasteiger partial charge is 0.488 e. The van der Waals surface area contributed by atoms with Crippen molar-refractivity contribution in [2.45, 2.75) is 38.2 Å². The van der Waals surface area contributed by atoms with Crippen molar-refractivity contribution < 1.29 is 17.9 Å². The molecule has 3 aromatic rings. The molecule has 1 saturated carbocycles. The van der Waals surface area contributed by atoms with Gasteiger partial charge in [0.05, 0.1) is 30.0 Å². The fourth-order valence-electron chi connectivity index (χ4n) is 5.31. The lowest BCUT2D eigenvalue weighted by Crippen LogP contribution is -2.48. The highest BCUT2D eigenvalue weighted by atomic mass is 32.2. The van der Waals surface area contributed by atoms with Crippen LogP contribution < -0.4 is 15.0 Å². The average Bonchev–Trinajstić information content (AvgIpc) is 3.48. The molecule has 10 nitrogen and oxygen atoms in total. The van der Waals surface area contributed by atoms with Crippen LogP contribution in [0.1, 0.15) is 37.7 Å². The first kappa shape index (κ1) is 24.2. The quantitative estimate of drug-likeness (QED) is 0.505. The van der Waals surface area contributed by atoms with Gasteiger partial charge in [0.2, 0.25) is 15.9 Å². The first-order valence-electron chi connectivity index (χ1n) is 12.9. The number of rotatable bonds is 7. The van der Waals surface area contributed by atoms with Crippen LogP contribution in [0.3, 0.4) is 0 Å². The number of anilines is 1. The van der Waals surface area contributed by atoms with Gasteiger partial charge in [0, 0.05) is 62.4 Å². The summed E-state index contributed by atoms with van der Waals surface area (Å²) in [6.45, 7) is 4.86. The molecule has 0 aromatic carbocycles. The van der Waals surface area contributed by atoms with Crippen molar-refractivity contribution in [3.63, 3.8) is 0 Å². The zero-order chi connectivity index (χ0) is 25.7. The predicted molar refractivity (Wildman–Crippen MR) is 140 cm³/mol. The van der Waals surface area contributed by atoms with Crippen LogP contribution in [0.5, 0.6) is 5.75 Å². The summed E-state index contributed by atoms with van der Waals surface area (Å²) in [4.78, 5) is 18.6. The second-order valence-electron chi connectivity index (χ2n) is 10.4. The molecular weight excluding hydrogens is 492 g/mol. The van der Waals surface area contributed by atoms with Crippen LogP contribution in [0.2, 0.25) is 0 Å². The zero-order valence-corrected chi connectivity index (χ0v) is 21.9. The minimum absolute atomic E-state index is 0.0735. The maximum absolute atomic E-state index is 11.8. The Bertz CT molecular complexity index is 1430. The van der Waals surface area contributed by atoms with E-state index in [0.29, 0.717) is 45.1 Å². The van der Waals surface area contributed by atoms with Gasteiger partial charge < -0.3 is 15.0 Å². The lowest BCUT2D eigenvalue weighted by molar-refractivity contribution is -0.119. The highest BCUT2D eigenvalue weighted by Crippen LogP contribution is 2.44. The molecule has 1 aliphatic carbocycles. The van der Waals surface area contributed by atoms with Gasteiger partial charge in [-0.2, -0.15) is 9.40 Å². The first-order chi connectivity index (χ1) is 17.8. The molecule has 1 amide bonds. The highest BCUT2D eigenvalue weighted by molar-refractivity contribution is 7.88. The molecule has 2 atom stereocenters. The van der Waals surface area contributed by atoms with Gasteiger partial charge in [0.25, 0.3) is 0 Å². The third-order valence-corrected chi connectivity index (χ3v) is 9.03. The van der Waals surface area contributed by atoms with Crippen molar-refractivity contribution >= 4 is 27.1 Å². The third-order valence-electron chi connectivity index (χ3n) is 7.72. The molecule has 0 radical (unpaired) electrons. The molecule has 6 rings (SSSR count). The Labute approximate surface area is 216 Å². The van der Waals surface area contributed by atoms with Crippen molar-refractivity contribution in [3.8, 4) is 17.0 Å². The number of carbonyl (C=O) groups excluding carboxylic acids is 1. The van der Waals surface area contributed by atoms with E-state index in [9.17, 15) is 13.2 Å². The van der Waals surface area contributed by atoms with Crippen LogP contribution in [-0.2, 0) is 14.8 Å². The standard InChI is InChI=1S/C26H32N6O4S/c1-17(19-12-25(33)28-13-19)36-24-11-20(16-32-26(24)22(15-29-32)18-3-4-18)23-6-5-21(14-27-23)30-7-9-31(10-8-30)37(2,34)35/h5-6,11,14-19H,3-4,7-10,12-13H2,1-2H3,(H,28,33)/t17-,19-/m1/s1. The average molecular weight is 525 g/mol. The van der Waals surface area contributed by atoms with Crippen LogP contribution in [0, 0.1) is 5.92 Å². The summed E-state index contributed by atoms with van der Waals surface area (Å²) in [5, 5.41) is 7.55. The maximum Gasteiger partial charge on any atom is 0.220 e. The Kier molecular flexibility index (Phi) is 6.07. The van der Waals surface area contributed by atoms with Gasteiger partial charge in [-0.15, -0.1) is 0 Å². The fraction of sp³-hybridized carbons (Fsp3) is 0.500. The lowest BCUT2D eigenvalue weighted by Gasteiger charge is -2.34. The van der Waals surface area contributed by atoms with E-state index in [2.05, 4.69) is 15.3 Å². The number of hydrogen-bond acceptors (Lipinski definition) is 7. The summed E-state index contributed by atoms with van der Waals surface area (Å²) in [5.41, 5.74) is 4.88. The topological polar surface area (TPSA) is 109 Å². The normalized spacial score (nSPS) is 21.8. The van der Waals surface area contributed by atoms with E-state index in [4.69, 9.17) is 9.72 Å². The van der Waals surface area contributed by atoms with Gasteiger partial charge in [-0.25, -0.2) is 12.9 Å². The number of nitrogens with zero attached hydrogens (tertiary/aromatic N) is 5. The summed E-state index contributed by atoms with van der Waals surface area (Å²) >= 11 is 0. The summed E-state index contributed by atoms with van der Waals surface area (Å²) in [6, 6.07) is 6.05. The summed E-state index contributed by atoms with van der Waals surface area (Å²) in [7, 11) is -3.16. The molecule has 0 unspecified atom stereocenters. The molecule has 37 heavy (non-hydrogen) atoms. The molecule has 2 aliphatic heterocycles. The van der Waals surface area contributed by atoms with Crippen LogP contribution in [-0.4, -0.2) is 78.3 Å². The predicted octanol–water partition coefficient (Wildman–Crippen LogP) is 2.26. The van der Waals surface area contributed by atoms with E-state index >= 15 is 0 Å². The third kappa shape index (κ3) is 4.89. The van der Waals surface area contributed by atoms with Crippen LogP contribution in [0.4, 0.5) is 5.69 Å². The van der Waals surface area contributed by atoms with E-state index in [1.807, 2.05) is 48.2 Å². The van der Waals surface area contributed by atoms with Gasteiger partial charge in [0.15, 0.2) is 0 Å². The van der Waals surface area contributed by atoms with Crippen molar-refractivity contribution in [1.82, 2.24) is 24.2 Å². The lowest BCUT2D eigenvalue weighted by atomic mass is 10.0. The summed E-state index contributed by atoms with van der Waals surface area (Å²) < 4.78 is 33.5. The second-order valence-corrected chi connectivity index (χ2v) is 12.4. The summed E-state index contributed by atoms with van der Waals surface area (Å²) in [5.74, 6) is 1.50. The highest BCUT2D eigenvalue weighted by Gasteiger charge is 2.31. The van der Waals surface area contributed by atoms with Gasteiger partial charge >= 0.3 is 0 Å². The number of piperazine rings is 1.